The van der Waals surface area contributed by atoms with Crippen molar-refractivity contribution < 1.29 is 4.99 Å². The molecule has 1 aliphatic heterocycles. The summed E-state index contributed by atoms with van der Waals surface area (Å²) in [6.45, 7) is 0. The van der Waals surface area contributed by atoms with E-state index in [9.17, 15) is 0 Å². The molecule has 0 saturated carbocycles. The van der Waals surface area contributed by atoms with Crippen LogP contribution in [0.25, 0.3) is 5.57 Å². The second kappa shape index (κ2) is 2.02. The first-order chi connectivity index (χ1) is 4.97. The zero-order valence-corrected chi connectivity index (χ0v) is 5.20. The van der Waals surface area contributed by atoms with Crippen molar-refractivity contribution in [3.8, 4) is 0 Å². The average Bonchev–Trinajstić information content (AvgIpc) is 1.86. The molecule has 1 aromatic rings. The Bertz CT molecular complexity index is 287. The van der Waals surface area contributed by atoms with Crippen LogP contribution in [0.15, 0.2) is 24.7 Å². The lowest BCUT2D eigenvalue weighted by Gasteiger charge is -2.04. The van der Waals surface area contributed by atoms with Gasteiger partial charge in [0, 0.05) is 12.4 Å². The first-order valence-corrected chi connectivity index (χ1v) is 2.95. The zero-order valence-electron chi connectivity index (χ0n) is 5.20. The second-order valence-electron chi connectivity index (χ2n) is 1.96. The van der Waals surface area contributed by atoms with Crippen molar-refractivity contribution in [3.05, 3.63) is 30.2 Å². The highest BCUT2D eigenvalue weighted by Gasteiger charge is 2.00. The zero-order chi connectivity index (χ0) is 6.81. The van der Waals surface area contributed by atoms with E-state index in [-0.39, 0.29) is 0 Å². The Labute approximate surface area is 58.1 Å². The minimum Gasteiger partial charge on any atom is -0.294 e. The lowest BCUT2D eigenvalue weighted by atomic mass is 10.1. The van der Waals surface area contributed by atoms with E-state index in [1.807, 2.05) is 12.3 Å². The third-order valence-corrected chi connectivity index (χ3v) is 1.32. The molecule has 0 aliphatic carbocycles. The molecule has 0 fully saturated rings. The van der Waals surface area contributed by atoms with Crippen molar-refractivity contribution in [1.29, 1.82) is 0 Å². The number of rotatable bonds is 1. The predicted molar refractivity (Wildman–Crippen MR) is 36.0 cm³/mol. The Morgan fingerprint density at radius 3 is 2.80 bits per heavy atom. The average molecular weight is 131 g/mol. The number of hydrogen-bond acceptors (Lipinski definition) is 2. The molecular formula is C7H5N3. The number of aromatic nitrogens is 2. The molecular weight excluding hydrogens is 126 g/mol. The highest BCUT2D eigenvalue weighted by molar-refractivity contribution is 6.09. The Balaban J connectivity index is 2.35. The summed E-state index contributed by atoms with van der Waals surface area (Å²) < 4.78 is 0. The highest BCUT2D eigenvalue weighted by atomic mass is 15.1. The molecule has 0 spiro atoms. The fourth-order valence-electron chi connectivity index (χ4n) is 0.750. The monoisotopic (exact) mass is 131 g/mol. The van der Waals surface area contributed by atoms with Crippen molar-refractivity contribution >= 4 is 11.8 Å². The van der Waals surface area contributed by atoms with Crippen LogP contribution in [0.1, 0.15) is 5.56 Å². The maximum absolute atomic E-state index is 3.73. The van der Waals surface area contributed by atoms with Gasteiger partial charge in [0.15, 0.2) is 6.21 Å². The van der Waals surface area contributed by atoms with E-state index in [0.717, 1.165) is 11.1 Å². The molecule has 0 amide bonds. The summed E-state index contributed by atoms with van der Waals surface area (Å²) in [5, 5.41) is 7.39. The van der Waals surface area contributed by atoms with E-state index in [4.69, 9.17) is 0 Å². The molecule has 3 nitrogen and oxygen atoms in total. The van der Waals surface area contributed by atoms with Gasteiger partial charge in [0.1, 0.15) is 0 Å². The maximum Gasteiger partial charge on any atom is 0.157 e. The van der Waals surface area contributed by atoms with Crippen molar-refractivity contribution in [2.45, 2.75) is 0 Å². The van der Waals surface area contributed by atoms with Gasteiger partial charge in [-0.1, -0.05) is 11.6 Å². The molecule has 0 aromatic carbocycles. The summed E-state index contributed by atoms with van der Waals surface area (Å²) in [5.74, 6) is 0. The molecule has 0 radical (unpaired) electrons. The quantitative estimate of drug-likeness (QED) is 0.489. The molecule has 3 heteroatoms. The number of allylic oxidation sites excluding steroid dienone is 1. The maximum atomic E-state index is 3.73. The van der Waals surface area contributed by atoms with Crippen LogP contribution in [-0.2, 0) is 0 Å². The third-order valence-electron chi connectivity index (χ3n) is 1.32. The highest BCUT2D eigenvalue weighted by Crippen LogP contribution is 2.07. The van der Waals surface area contributed by atoms with Gasteiger partial charge in [-0.2, -0.15) is 10.2 Å². The summed E-state index contributed by atoms with van der Waals surface area (Å²) in [4.78, 5) is 2.80. The summed E-state index contributed by atoms with van der Waals surface area (Å²) in [6.07, 6.45) is 8.15. The minimum atomic E-state index is 1.05. The lowest BCUT2D eigenvalue weighted by molar-refractivity contribution is -0.374. The molecule has 2 heterocycles. The predicted octanol–water partition coefficient (Wildman–Crippen LogP) is -1.14. The van der Waals surface area contributed by atoms with Crippen molar-refractivity contribution in [3.63, 3.8) is 0 Å². The van der Waals surface area contributed by atoms with E-state index in [1.165, 1.54) is 0 Å². The van der Waals surface area contributed by atoms with Crippen molar-refractivity contribution in [2.75, 3.05) is 0 Å². The molecule has 1 N–H and O–H groups in total. The molecule has 1 aromatic heterocycles. The van der Waals surface area contributed by atoms with Crippen LogP contribution >= 0.6 is 0 Å². The van der Waals surface area contributed by atoms with E-state index < -0.39 is 0 Å². The Kier molecular flexibility index (Phi) is 1.07. The van der Waals surface area contributed by atoms with Gasteiger partial charge < -0.3 is 0 Å². The number of nitrogens with one attached hydrogen (secondary N) is 1. The minimum absolute atomic E-state index is 1.05. The van der Waals surface area contributed by atoms with Crippen molar-refractivity contribution in [1.82, 2.24) is 10.2 Å². The standard InChI is InChI=1S/C7H5N3/c1-2-9-10-5-6(1)7-3-8-4-7/h1-3,5,8H. The first kappa shape index (κ1) is 5.29. The van der Waals surface area contributed by atoms with Crippen molar-refractivity contribution in [2.24, 2.45) is 0 Å². The molecule has 2 rings (SSSR count). The van der Waals surface area contributed by atoms with Crippen LogP contribution in [0.5, 0.6) is 0 Å². The van der Waals surface area contributed by atoms with Crippen LogP contribution in [0.4, 0.5) is 0 Å². The Hall–Kier alpha value is -1.51. The largest absolute Gasteiger partial charge is 0.294 e. The summed E-state index contributed by atoms with van der Waals surface area (Å²) in [7, 11) is 0. The molecule has 0 saturated heterocycles. The van der Waals surface area contributed by atoms with E-state index in [0.29, 0.717) is 0 Å². The van der Waals surface area contributed by atoms with E-state index in [1.54, 1.807) is 12.4 Å². The van der Waals surface area contributed by atoms with Gasteiger partial charge in [0.05, 0.1) is 6.20 Å². The van der Waals surface area contributed by atoms with Crippen LogP contribution in [0.3, 0.4) is 0 Å². The number of hydrogen-bond donors (Lipinski definition) is 1. The SMILES string of the molecule is [C-]1=[NH+]C=C1c1ccnnc1. The summed E-state index contributed by atoms with van der Waals surface area (Å²) in [5.41, 5.74) is 2.10. The van der Waals surface area contributed by atoms with E-state index in [2.05, 4.69) is 21.4 Å². The number of nitrogens with zero attached hydrogens (tertiary/aromatic N) is 2. The third kappa shape index (κ3) is 0.719. The molecule has 10 heavy (non-hydrogen) atoms. The van der Waals surface area contributed by atoms with Gasteiger partial charge in [-0.05, 0) is 5.57 Å². The van der Waals surface area contributed by atoms with Crippen LogP contribution in [0.2, 0.25) is 0 Å². The molecule has 0 atom stereocenters. The molecule has 48 valence electrons. The smallest absolute Gasteiger partial charge is 0.157 e. The van der Waals surface area contributed by atoms with Gasteiger partial charge in [0.2, 0.25) is 0 Å². The Morgan fingerprint density at radius 1 is 1.40 bits per heavy atom. The van der Waals surface area contributed by atoms with Crippen LogP contribution in [0, 0.1) is 0 Å². The summed E-state index contributed by atoms with van der Waals surface area (Å²) >= 11 is 0. The van der Waals surface area contributed by atoms with Gasteiger partial charge >= 0.3 is 0 Å². The fraction of sp³-hybridized carbons (Fsp3) is 0. The lowest BCUT2D eigenvalue weighted by Crippen LogP contribution is -2.67. The summed E-state index contributed by atoms with van der Waals surface area (Å²) in [6, 6.07) is 1.90. The van der Waals surface area contributed by atoms with Gasteiger partial charge in [-0.25, -0.2) is 0 Å². The Morgan fingerprint density at radius 2 is 2.30 bits per heavy atom. The van der Waals surface area contributed by atoms with Gasteiger partial charge in [0.25, 0.3) is 0 Å². The molecule has 1 aliphatic rings. The second-order valence-corrected chi connectivity index (χ2v) is 1.96. The first-order valence-electron chi connectivity index (χ1n) is 2.95. The fourth-order valence-corrected chi connectivity index (χ4v) is 0.750. The van der Waals surface area contributed by atoms with Crippen LogP contribution < -0.4 is 4.99 Å². The van der Waals surface area contributed by atoms with E-state index >= 15 is 0 Å². The van der Waals surface area contributed by atoms with Gasteiger partial charge in [-0.15, -0.1) is 0 Å². The topological polar surface area (TPSA) is 39.8 Å². The molecule has 0 bridgehead atoms. The normalized spacial score (nSPS) is 14.2. The molecule has 0 unspecified atom stereocenters. The van der Waals surface area contributed by atoms with Crippen LogP contribution in [-0.4, -0.2) is 16.4 Å². The van der Waals surface area contributed by atoms with Gasteiger partial charge in [-0.3, -0.25) is 4.99 Å².